The third-order valence-electron chi connectivity index (χ3n) is 9.18. The van der Waals surface area contributed by atoms with Gasteiger partial charge in [-0.15, -0.1) is 0 Å². The second-order valence-electron chi connectivity index (χ2n) is 12.4. The number of nitrogens with one attached hydrogen (secondary N) is 1. The highest BCUT2D eigenvalue weighted by Gasteiger charge is 2.25. The maximum absolute atomic E-state index is 5.63. The van der Waals surface area contributed by atoms with E-state index in [0.29, 0.717) is 13.2 Å². The highest BCUT2D eigenvalue weighted by molar-refractivity contribution is 5.85. The van der Waals surface area contributed by atoms with Gasteiger partial charge in [-0.1, -0.05) is 12.1 Å². The number of ether oxygens (including phenoxy) is 2. The highest BCUT2D eigenvalue weighted by atomic mass is 16.5. The van der Waals surface area contributed by atoms with Crippen molar-refractivity contribution >= 4 is 39.4 Å². The minimum absolute atomic E-state index is 0.681. The molecule has 3 fully saturated rings. The number of hydrogen-bond acceptors (Lipinski definition) is 8. The van der Waals surface area contributed by atoms with Crippen molar-refractivity contribution in [3.63, 3.8) is 0 Å². The van der Waals surface area contributed by atoms with Gasteiger partial charge < -0.3 is 28.8 Å². The van der Waals surface area contributed by atoms with Crippen LogP contribution >= 0.6 is 0 Å². The molecule has 5 heterocycles. The third kappa shape index (κ3) is 5.77. The van der Waals surface area contributed by atoms with Crippen molar-refractivity contribution in [3.05, 3.63) is 60.6 Å². The molecule has 1 saturated carbocycles. The molecule has 2 aromatic carbocycles. The Bertz CT molecular complexity index is 1780. The van der Waals surface area contributed by atoms with Crippen molar-refractivity contribution in [1.29, 1.82) is 0 Å². The Labute approximate surface area is 257 Å². The molecule has 0 radical (unpaired) electrons. The van der Waals surface area contributed by atoms with Gasteiger partial charge >= 0.3 is 0 Å². The lowest BCUT2D eigenvalue weighted by Crippen LogP contribution is -2.37. The predicted octanol–water partition coefficient (Wildman–Crippen LogP) is 4.85. The van der Waals surface area contributed by atoms with Crippen molar-refractivity contribution in [2.24, 2.45) is 13.0 Å². The van der Waals surface area contributed by atoms with E-state index >= 15 is 0 Å². The maximum atomic E-state index is 5.63. The second-order valence-corrected chi connectivity index (χ2v) is 12.4. The number of fused-ring (bicyclic) bond motifs is 2. The average Bonchev–Trinajstić information content (AvgIpc) is 3.73. The summed E-state index contributed by atoms with van der Waals surface area (Å²) in [7, 11) is 2.07. The van der Waals surface area contributed by atoms with Gasteiger partial charge in [0.05, 0.1) is 43.2 Å². The number of nitrogens with zero attached hydrogens (tertiary/aromatic N) is 7. The molecule has 44 heavy (non-hydrogen) atoms. The van der Waals surface area contributed by atoms with E-state index in [2.05, 4.69) is 86.0 Å². The van der Waals surface area contributed by atoms with Gasteiger partial charge in [0.2, 0.25) is 5.95 Å². The summed E-state index contributed by atoms with van der Waals surface area (Å²) in [6, 6.07) is 17.2. The maximum Gasteiger partial charge on any atom is 0.228 e. The Morgan fingerprint density at radius 2 is 1.66 bits per heavy atom. The number of rotatable bonds is 9. The van der Waals surface area contributed by atoms with Crippen LogP contribution in [-0.4, -0.2) is 88.1 Å². The normalized spacial score (nSPS) is 18.0. The molecule has 0 amide bonds. The van der Waals surface area contributed by atoms with Gasteiger partial charge in [0.15, 0.2) is 0 Å². The topological polar surface area (TPSA) is 85.5 Å². The van der Waals surface area contributed by atoms with Crippen LogP contribution in [0.1, 0.15) is 18.7 Å². The predicted molar refractivity (Wildman–Crippen MR) is 174 cm³/mol. The molecule has 10 nitrogen and oxygen atoms in total. The van der Waals surface area contributed by atoms with Crippen molar-refractivity contribution < 1.29 is 9.47 Å². The summed E-state index contributed by atoms with van der Waals surface area (Å²) in [5.74, 6) is 3.45. The molecular weight excluding hydrogens is 552 g/mol. The van der Waals surface area contributed by atoms with Crippen molar-refractivity contribution in [2.75, 3.05) is 69.4 Å². The van der Waals surface area contributed by atoms with Crippen molar-refractivity contribution in [3.8, 4) is 11.3 Å². The fourth-order valence-electron chi connectivity index (χ4n) is 6.41. The zero-order valence-corrected chi connectivity index (χ0v) is 25.4. The minimum atomic E-state index is 0.681. The SMILES string of the molecule is Cn1ccc2ccc(Nc3cc(-c4ccc5nc(CCN6CCOCC6)n(CC6CC6)c5c4)nc(N4CCOCC4)n3)cc21. The van der Waals surface area contributed by atoms with E-state index in [9.17, 15) is 0 Å². The molecule has 10 heteroatoms. The number of hydrogen-bond donors (Lipinski definition) is 1. The molecule has 228 valence electrons. The first kappa shape index (κ1) is 27.6. The summed E-state index contributed by atoms with van der Waals surface area (Å²) in [6.07, 6.45) is 5.65. The zero-order chi connectivity index (χ0) is 29.5. The monoisotopic (exact) mass is 592 g/mol. The van der Waals surface area contributed by atoms with Gasteiger partial charge in [0, 0.05) is 81.8 Å². The van der Waals surface area contributed by atoms with Crippen LogP contribution in [-0.2, 0) is 29.5 Å². The van der Waals surface area contributed by atoms with Gasteiger partial charge in [-0.05, 0) is 54.5 Å². The van der Waals surface area contributed by atoms with E-state index in [0.717, 1.165) is 99.0 Å². The molecule has 0 bridgehead atoms. The standard InChI is InChI=1S/C34H40N8O2/c1-39-10-8-25-4-6-27(21-30(25)39)35-32-22-29(37-34(38-32)41-14-18-44-19-15-41)26-5-7-28-31(20-26)42(23-24-2-3-24)33(36-28)9-11-40-12-16-43-17-13-40/h4-8,10,20-22,24H,2-3,9,11-19,23H2,1H3,(H,35,37,38). The molecule has 1 aliphatic carbocycles. The Hall–Kier alpha value is -3.99. The van der Waals surface area contributed by atoms with Crippen LogP contribution in [0.15, 0.2) is 54.7 Å². The Kier molecular flexibility index (Phi) is 7.41. The molecule has 1 N–H and O–H groups in total. The Morgan fingerprint density at radius 1 is 0.841 bits per heavy atom. The van der Waals surface area contributed by atoms with E-state index in [1.165, 1.54) is 35.1 Å². The van der Waals surface area contributed by atoms with E-state index in [4.69, 9.17) is 24.4 Å². The van der Waals surface area contributed by atoms with E-state index < -0.39 is 0 Å². The van der Waals surface area contributed by atoms with Crippen LogP contribution in [0, 0.1) is 5.92 Å². The van der Waals surface area contributed by atoms with Gasteiger partial charge in [0.25, 0.3) is 0 Å². The summed E-state index contributed by atoms with van der Waals surface area (Å²) in [4.78, 5) is 19.9. The molecule has 3 aliphatic rings. The summed E-state index contributed by atoms with van der Waals surface area (Å²) in [6.45, 7) is 8.62. The number of benzene rings is 2. The molecule has 0 spiro atoms. The number of morpholine rings is 2. The number of aryl methyl sites for hydroxylation is 1. The van der Waals surface area contributed by atoms with Gasteiger partial charge in [-0.2, -0.15) is 4.98 Å². The molecule has 5 aromatic rings. The van der Waals surface area contributed by atoms with Crippen LogP contribution in [0.25, 0.3) is 33.2 Å². The second kappa shape index (κ2) is 11.8. The van der Waals surface area contributed by atoms with Crippen LogP contribution in [0.3, 0.4) is 0 Å². The molecule has 3 aromatic heterocycles. The van der Waals surface area contributed by atoms with Gasteiger partial charge in [-0.25, -0.2) is 9.97 Å². The first-order chi connectivity index (χ1) is 21.7. The zero-order valence-electron chi connectivity index (χ0n) is 25.4. The molecule has 0 unspecified atom stereocenters. The fourth-order valence-corrected chi connectivity index (χ4v) is 6.41. The lowest BCUT2D eigenvalue weighted by molar-refractivity contribution is 0.0381. The molecule has 2 saturated heterocycles. The quantitative estimate of drug-likeness (QED) is 0.260. The Balaban J connectivity index is 1.15. The number of imidazole rings is 1. The summed E-state index contributed by atoms with van der Waals surface area (Å²) < 4.78 is 15.8. The van der Waals surface area contributed by atoms with Crippen molar-refractivity contribution in [1.82, 2.24) is 29.0 Å². The number of aromatic nitrogens is 5. The lowest BCUT2D eigenvalue weighted by atomic mass is 10.1. The lowest BCUT2D eigenvalue weighted by Gasteiger charge is -2.27. The summed E-state index contributed by atoms with van der Waals surface area (Å²) in [5.41, 5.74) is 6.41. The first-order valence-electron chi connectivity index (χ1n) is 16.0. The summed E-state index contributed by atoms with van der Waals surface area (Å²) >= 11 is 0. The van der Waals surface area contributed by atoms with Gasteiger partial charge in [0.1, 0.15) is 11.6 Å². The summed E-state index contributed by atoms with van der Waals surface area (Å²) in [5, 5.41) is 4.80. The van der Waals surface area contributed by atoms with Crippen LogP contribution in [0.4, 0.5) is 17.5 Å². The van der Waals surface area contributed by atoms with Crippen molar-refractivity contribution in [2.45, 2.75) is 25.8 Å². The molecule has 0 atom stereocenters. The minimum Gasteiger partial charge on any atom is -0.379 e. The molecule has 2 aliphatic heterocycles. The highest BCUT2D eigenvalue weighted by Crippen LogP contribution is 2.34. The fraction of sp³-hybridized carbons (Fsp3) is 0.441. The largest absolute Gasteiger partial charge is 0.379 e. The average molecular weight is 593 g/mol. The van der Waals surface area contributed by atoms with E-state index in [-0.39, 0.29) is 0 Å². The van der Waals surface area contributed by atoms with Crippen LogP contribution in [0.2, 0.25) is 0 Å². The van der Waals surface area contributed by atoms with Gasteiger partial charge in [-0.3, -0.25) is 4.90 Å². The smallest absolute Gasteiger partial charge is 0.228 e. The molecule has 8 rings (SSSR count). The van der Waals surface area contributed by atoms with E-state index in [1.54, 1.807) is 0 Å². The first-order valence-corrected chi connectivity index (χ1v) is 16.0. The van der Waals surface area contributed by atoms with Crippen LogP contribution in [0.5, 0.6) is 0 Å². The molecular formula is C34H40N8O2. The third-order valence-corrected chi connectivity index (χ3v) is 9.18. The number of anilines is 3. The van der Waals surface area contributed by atoms with E-state index in [1.807, 2.05) is 0 Å². The van der Waals surface area contributed by atoms with Crippen LogP contribution < -0.4 is 10.2 Å². The Morgan fingerprint density at radius 3 is 2.48 bits per heavy atom.